The highest BCUT2D eigenvalue weighted by Crippen LogP contribution is 2.22. The Kier molecular flexibility index (Phi) is 7.78. The molecule has 0 saturated carbocycles. The number of hydrogen-bond acceptors (Lipinski definition) is 4. The van der Waals surface area contributed by atoms with Crippen molar-refractivity contribution >= 4 is 23.0 Å². The van der Waals surface area contributed by atoms with Crippen molar-refractivity contribution in [3.05, 3.63) is 51.5 Å². The molecule has 0 aliphatic carbocycles. The third-order valence-corrected chi connectivity index (χ3v) is 4.86. The van der Waals surface area contributed by atoms with Gasteiger partial charge in [0.2, 0.25) is 5.91 Å². The molecule has 0 spiro atoms. The van der Waals surface area contributed by atoms with Gasteiger partial charge in [-0.05, 0) is 57.0 Å². The maximum absolute atomic E-state index is 12.8. The van der Waals surface area contributed by atoms with E-state index in [4.69, 9.17) is 4.74 Å². The molecule has 0 bridgehead atoms. The number of rotatable bonds is 10. The molecule has 0 atom stereocenters. The number of unbranched alkanes of at least 4 members (excludes halogenated alkanes) is 1. The van der Waals surface area contributed by atoms with E-state index in [0.29, 0.717) is 18.9 Å². The highest BCUT2D eigenvalue weighted by Gasteiger charge is 2.13. The molecule has 1 aromatic carbocycles. The minimum atomic E-state index is -0.289. The molecule has 140 valence electrons. The topological polar surface area (TPSA) is 55.4 Å². The molecular formula is C20H24FNO3S. The third-order valence-electron chi connectivity index (χ3n) is 3.90. The minimum absolute atomic E-state index is 0.0229. The first-order valence-electron chi connectivity index (χ1n) is 8.71. The fourth-order valence-corrected chi connectivity index (χ4v) is 3.48. The molecule has 1 heterocycles. The number of halogens is 1. The van der Waals surface area contributed by atoms with E-state index in [1.165, 1.54) is 12.1 Å². The van der Waals surface area contributed by atoms with Crippen LogP contribution in [0.4, 0.5) is 4.39 Å². The maximum Gasteiger partial charge on any atom is 0.220 e. The van der Waals surface area contributed by atoms with Gasteiger partial charge >= 0.3 is 0 Å². The summed E-state index contributed by atoms with van der Waals surface area (Å²) in [5, 5.41) is 2.82. The first-order chi connectivity index (χ1) is 12.5. The van der Waals surface area contributed by atoms with E-state index >= 15 is 0 Å². The lowest BCUT2D eigenvalue weighted by Gasteiger charge is -2.07. The van der Waals surface area contributed by atoms with Gasteiger partial charge in [-0.3, -0.25) is 9.59 Å². The lowest BCUT2D eigenvalue weighted by Crippen LogP contribution is -2.25. The summed E-state index contributed by atoms with van der Waals surface area (Å²) in [5.41, 5.74) is 0.734. The smallest absolute Gasteiger partial charge is 0.220 e. The van der Waals surface area contributed by atoms with E-state index in [9.17, 15) is 14.0 Å². The Morgan fingerprint density at radius 2 is 1.85 bits per heavy atom. The van der Waals surface area contributed by atoms with Crippen LogP contribution < -0.4 is 10.1 Å². The van der Waals surface area contributed by atoms with Gasteiger partial charge in [0, 0.05) is 34.7 Å². The number of amides is 1. The summed E-state index contributed by atoms with van der Waals surface area (Å²) in [6.07, 6.45) is 2.00. The van der Waals surface area contributed by atoms with E-state index < -0.39 is 0 Å². The van der Waals surface area contributed by atoms with Crippen LogP contribution in [-0.2, 0) is 4.79 Å². The van der Waals surface area contributed by atoms with Crippen LogP contribution in [-0.4, -0.2) is 24.8 Å². The number of carbonyl (C=O) groups is 2. The van der Waals surface area contributed by atoms with E-state index in [1.807, 2.05) is 19.9 Å². The zero-order valence-electron chi connectivity index (χ0n) is 15.1. The van der Waals surface area contributed by atoms with E-state index in [2.05, 4.69) is 5.32 Å². The highest BCUT2D eigenvalue weighted by atomic mass is 32.1. The summed E-state index contributed by atoms with van der Waals surface area (Å²) in [7, 11) is 0. The van der Waals surface area contributed by atoms with Gasteiger partial charge in [0.25, 0.3) is 0 Å². The molecule has 1 aromatic heterocycles. The van der Waals surface area contributed by atoms with Crippen LogP contribution in [0.15, 0.2) is 30.3 Å². The molecular weight excluding hydrogens is 353 g/mol. The van der Waals surface area contributed by atoms with Gasteiger partial charge in [-0.25, -0.2) is 4.39 Å². The van der Waals surface area contributed by atoms with Crippen LogP contribution in [0.2, 0.25) is 0 Å². The first kappa shape index (κ1) is 20.1. The van der Waals surface area contributed by atoms with Crippen LogP contribution in [0.1, 0.15) is 45.8 Å². The average Bonchev–Trinajstić information content (AvgIpc) is 2.95. The van der Waals surface area contributed by atoms with E-state index in [-0.39, 0.29) is 30.3 Å². The predicted molar refractivity (Wildman–Crippen MR) is 101 cm³/mol. The van der Waals surface area contributed by atoms with Gasteiger partial charge in [-0.15, -0.1) is 11.3 Å². The number of nitrogens with one attached hydrogen (secondary N) is 1. The van der Waals surface area contributed by atoms with Crippen LogP contribution in [0.3, 0.4) is 0 Å². The second-order valence-electron chi connectivity index (χ2n) is 6.11. The Balaban J connectivity index is 1.55. The normalized spacial score (nSPS) is 10.6. The summed E-state index contributed by atoms with van der Waals surface area (Å²) in [6, 6.07) is 7.78. The standard InChI is InChI=1S/C20H24FNO3S/c1-14-13-18(15(2)26-14)19(23)9-10-20(24)22-11-3-4-12-25-17-7-5-16(21)6-8-17/h5-8,13H,3-4,9-12H2,1-2H3,(H,22,24). The van der Waals surface area contributed by atoms with Gasteiger partial charge < -0.3 is 10.1 Å². The first-order valence-corrected chi connectivity index (χ1v) is 9.52. The van der Waals surface area contributed by atoms with Crippen LogP contribution in [0.25, 0.3) is 0 Å². The summed E-state index contributed by atoms with van der Waals surface area (Å²) >= 11 is 1.60. The predicted octanol–water partition coefficient (Wildman–Crippen LogP) is 4.44. The molecule has 26 heavy (non-hydrogen) atoms. The van der Waals surface area contributed by atoms with E-state index in [1.54, 1.807) is 23.5 Å². The molecule has 1 N–H and O–H groups in total. The number of Topliss-reactive ketones (excluding diaryl/α,β-unsaturated/α-hetero) is 1. The number of carbonyl (C=O) groups excluding carboxylic acids is 2. The van der Waals surface area contributed by atoms with Crippen LogP contribution in [0, 0.1) is 19.7 Å². The van der Waals surface area contributed by atoms with Crippen LogP contribution >= 0.6 is 11.3 Å². The molecule has 0 aliphatic rings. The number of hydrogen-bond donors (Lipinski definition) is 1. The van der Waals surface area contributed by atoms with Gasteiger partial charge in [-0.1, -0.05) is 0 Å². The average molecular weight is 377 g/mol. The molecule has 6 heteroatoms. The van der Waals surface area contributed by atoms with Crippen molar-refractivity contribution in [1.29, 1.82) is 0 Å². The summed E-state index contributed by atoms with van der Waals surface area (Å²) in [5.74, 6) is 0.257. The Hall–Kier alpha value is -2.21. The van der Waals surface area contributed by atoms with Crippen LogP contribution in [0.5, 0.6) is 5.75 Å². The van der Waals surface area contributed by atoms with Crippen molar-refractivity contribution in [1.82, 2.24) is 5.32 Å². The molecule has 0 aliphatic heterocycles. The van der Waals surface area contributed by atoms with Gasteiger partial charge in [0.05, 0.1) is 6.61 Å². The van der Waals surface area contributed by atoms with Crippen molar-refractivity contribution < 1.29 is 18.7 Å². The fraction of sp³-hybridized carbons (Fsp3) is 0.400. The molecule has 0 unspecified atom stereocenters. The molecule has 0 radical (unpaired) electrons. The number of aryl methyl sites for hydroxylation is 2. The van der Waals surface area contributed by atoms with Crippen molar-refractivity contribution in [3.8, 4) is 5.75 Å². The number of ether oxygens (including phenoxy) is 1. The molecule has 2 rings (SSSR count). The Labute approximate surface area is 157 Å². The minimum Gasteiger partial charge on any atom is -0.494 e. The zero-order chi connectivity index (χ0) is 18.9. The van der Waals surface area contributed by atoms with E-state index in [0.717, 1.165) is 28.2 Å². The van der Waals surface area contributed by atoms with Crippen molar-refractivity contribution in [3.63, 3.8) is 0 Å². The summed E-state index contributed by atoms with van der Waals surface area (Å²) in [4.78, 5) is 26.1. The second-order valence-corrected chi connectivity index (χ2v) is 7.57. The SMILES string of the molecule is Cc1cc(C(=O)CCC(=O)NCCCCOc2ccc(F)cc2)c(C)s1. The lowest BCUT2D eigenvalue weighted by molar-refractivity contribution is -0.121. The highest BCUT2D eigenvalue weighted by molar-refractivity contribution is 7.12. The number of thiophene rings is 1. The molecule has 4 nitrogen and oxygen atoms in total. The molecule has 1 amide bonds. The largest absolute Gasteiger partial charge is 0.494 e. The zero-order valence-corrected chi connectivity index (χ0v) is 16.0. The third kappa shape index (κ3) is 6.59. The monoisotopic (exact) mass is 377 g/mol. The Morgan fingerprint density at radius 3 is 2.50 bits per heavy atom. The van der Waals surface area contributed by atoms with Gasteiger partial charge in [-0.2, -0.15) is 0 Å². The quantitative estimate of drug-likeness (QED) is 0.492. The Bertz CT molecular complexity index is 740. The van der Waals surface area contributed by atoms with Gasteiger partial charge in [0.1, 0.15) is 11.6 Å². The number of benzene rings is 1. The summed E-state index contributed by atoms with van der Waals surface area (Å²) in [6.45, 7) is 4.97. The molecule has 0 saturated heterocycles. The second kappa shape index (κ2) is 10.1. The van der Waals surface area contributed by atoms with Crippen molar-refractivity contribution in [2.24, 2.45) is 0 Å². The molecule has 2 aromatic rings. The van der Waals surface area contributed by atoms with Gasteiger partial charge in [0.15, 0.2) is 5.78 Å². The maximum atomic E-state index is 12.8. The van der Waals surface area contributed by atoms with Crippen molar-refractivity contribution in [2.75, 3.05) is 13.2 Å². The summed E-state index contributed by atoms with van der Waals surface area (Å²) < 4.78 is 18.3. The molecule has 0 fully saturated rings. The fourth-order valence-electron chi connectivity index (χ4n) is 2.53. The van der Waals surface area contributed by atoms with Crippen molar-refractivity contribution in [2.45, 2.75) is 39.5 Å². The Morgan fingerprint density at radius 1 is 1.12 bits per heavy atom. The number of ketones is 1. The lowest BCUT2D eigenvalue weighted by atomic mass is 10.1.